The number of ether oxygens (including phenoxy) is 1. The molecule has 7 heteroatoms. The molecule has 0 aliphatic carbocycles. The van der Waals surface area contributed by atoms with Crippen LogP contribution in [0.3, 0.4) is 0 Å². The number of nitrogens with one attached hydrogen (secondary N) is 1. The Morgan fingerprint density at radius 3 is 2.62 bits per heavy atom. The molecule has 0 saturated carbocycles. The number of nitrogens with zero attached hydrogens (tertiary/aromatic N) is 1. The van der Waals surface area contributed by atoms with Gasteiger partial charge in [0.25, 0.3) is 5.91 Å². The van der Waals surface area contributed by atoms with Crippen LogP contribution in [0.4, 0.5) is 5.69 Å². The highest BCUT2D eigenvalue weighted by atomic mass is 16.5. The zero-order valence-electron chi connectivity index (χ0n) is 21.2. The number of amides is 1. The second kappa shape index (κ2) is 9.48. The molecule has 2 heterocycles. The Morgan fingerprint density at radius 1 is 1.05 bits per heavy atom. The fraction of sp³-hybridized carbons (Fsp3) is 0.300. The number of aromatic nitrogens is 1. The second-order valence-corrected chi connectivity index (χ2v) is 10.4. The Labute approximate surface area is 215 Å². The molecule has 0 bridgehead atoms. The van der Waals surface area contributed by atoms with Crippen LogP contribution in [-0.4, -0.2) is 28.4 Å². The smallest absolute Gasteiger partial charge is 0.366 e. The summed E-state index contributed by atoms with van der Waals surface area (Å²) >= 11 is 0. The van der Waals surface area contributed by atoms with Crippen LogP contribution in [0.2, 0.25) is 0 Å². The van der Waals surface area contributed by atoms with Gasteiger partial charge < -0.3 is 19.7 Å². The van der Waals surface area contributed by atoms with Gasteiger partial charge in [0.05, 0.1) is 17.7 Å². The summed E-state index contributed by atoms with van der Waals surface area (Å²) < 4.78 is 10.7. The SMILES string of the molecule is Cc1noc(=O)c2ccc(NC(=O)C(O)(Cc3ccccc3)CC(C)(C)c3cccc4c3OCC4)cc12. The van der Waals surface area contributed by atoms with Crippen LogP contribution in [0.1, 0.15) is 42.7 Å². The first kappa shape index (κ1) is 24.7. The quantitative estimate of drug-likeness (QED) is 0.383. The predicted octanol–water partition coefficient (Wildman–Crippen LogP) is 4.71. The zero-order chi connectivity index (χ0) is 26.2. The summed E-state index contributed by atoms with van der Waals surface area (Å²) in [5, 5.41) is 19.7. The molecule has 1 aromatic heterocycles. The van der Waals surface area contributed by atoms with Crippen molar-refractivity contribution in [2.75, 3.05) is 11.9 Å². The van der Waals surface area contributed by atoms with E-state index in [1.165, 1.54) is 0 Å². The Hall–Kier alpha value is -3.97. The molecule has 5 rings (SSSR count). The highest BCUT2D eigenvalue weighted by Crippen LogP contribution is 2.42. The molecule has 1 aliphatic rings. The van der Waals surface area contributed by atoms with Gasteiger partial charge in [-0.2, -0.15) is 0 Å². The van der Waals surface area contributed by atoms with Gasteiger partial charge in [-0.25, -0.2) is 4.79 Å². The first-order chi connectivity index (χ1) is 17.7. The maximum absolute atomic E-state index is 13.8. The maximum Gasteiger partial charge on any atom is 0.366 e. The third-order valence-electron chi connectivity index (χ3n) is 7.09. The molecule has 190 valence electrons. The first-order valence-corrected chi connectivity index (χ1v) is 12.4. The number of hydrogen-bond acceptors (Lipinski definition) is 6. The first-order valence-electron chi connectivity index (χ1n) is 12.4. The molecule has 1 amide bonds. The number of aryl methyl sites for hydroxylation is 1. The summed E-state index contributed by atoms with van der Waals surface area (Å²) in [6, 6.07) is 20.5. The summed E-state index contributed by atoms with van der Waals surface area (Å²) in [5.41, 5.74) is 1.11. The average molecular weight is 499 g/mol. The number of anilines is 1. The van der Waals surface area contributed by atoms with Crippen LogP contribution in [-0.2, 0) is 23.1 Å². The predicted molar refractivity (Wildman–Crippen MR) is 142 cm³/mol. The second-order valence-electron chi connectivity index (χ2n) is 10.4. The van der Waals surface area contributed by atoms with E-state index in [0.717, 1.165) is 28.9 Å². The number of para-hydroxylation sites is 1. The third kappa shape index (κ3) is 4.87. The molecule has 37 heavy (non-hydrogen) atoms. The molecule has 1 aliphatic heterocycles. The van der Waals surface area contributed by atoms with Crippen molar-refractivity contribution in [3.63, 3.8) is 0 Å². The molecular weight excluding hydrogens is 468 g/mol. The topological polar surface area (TPSA) is 102 Å². The van der Waals surface area contributed by atoms with Gasteiger partial charge in [0, 0.05) is 29.5 Å². The summed E-state index contributed by atoms with van der Waals surface area (Å²) in [6.45, 7) is 6.41. The van der Waals surface area contributed by atoms with E-state index in [-0.39, 0.29) is 12.8 Å². The minimum atomic E-state index is -1.73. The van der Waals surface area contributed by atoms with Crippen molar-refractivity contribution in [1.29, 1.82) is 0 Å². The number of aliphatic hydroxyl groups is 1. The lowest BCUT2D eigenvalue weighted by atomic mass is 9.72. The van der Waals surface area contributed by atoms with Gasteiger partial charge in [-0.1, -0.05) is 67.5 Å². The van der Waals surface area contributed by atoms with Gasteiger partial charge >= 0.3 is 5.63 Å². The number of rotatable bonds is 7. The molecule has 2 N–H and O–H groups in total. The largest absolute Gasteiger partial charge is 0.493 e. The standard InChI is InChI=1S/C30H30N2O5/c1-19-24-16-22(12-13-23(24)27(33)37-32-19)31-28(34)30(35,17-20-8-5-4-6-9-20)18-29(2,3)25-11-7-10-21-14-15-36-26(21)25/h4-13,16,35H,14-15,17-18H2,1-3H3,(H,31,34). The molecule has 1 atom stereocenters. The van der Waals surface area contributed by atoms with Gasteiger partial charge in [-0.05, 0) is 48.1 Å². The van der Waals surface area contributed by atoms with Gasteiger partial charge in [-0.15, -0.1) is 0 Å². The van der Waals surface area contributed by atoms with Crippen LogP contribution >= 0.6 is 0 Å². The van der Waals surface area contributed by atoms with Crippen LogP contribution in [0.5, 0.6) is 5.75 Å². The van der Waals surface area contributed by atoms with Crippen LogP contribution in [0.15, 0.2) is 76.0 Å². The van der Waals surface area contributed by atoms with Crippen molar-refractivity contribution < 1.29 is 19.2 Å². The van der Waals surface area contributed by atoms with E-state index in [4.69, 9.17) is 9.26 Å². The Bertz CT molecular complexity index is 1530. The van der Waals surface area contributed by atoms with Crippen molar-refractivity contribution in [2.24, 2.45) is 0 Å². The van der Waals surface area contributed by atoms with Crippen molar-refractivity contribution in [1.82, 2.24) is 5.16 Å². The Morgan fingerprint density at radius 2 is 1.84 bits per heavy atom. The van der Waals surface area contributed by atoms with Crippen molar-refractivity contribution in [3.8, 4) is 5.75 Å². The molecule has 0 saturated heterocycles. The fourth-order valence-corrected chi connectivity index (χ4v) is 5.29. The van der Waals surface area contributed by atoms with Crippen molar-refractivity contribution in [3.05, 3.63) is 99.5 Å². The molecule has 4 aromatic rings. The van der Waals surface area contributed by atoms with Crippen molar-refractivity contribution >= 4 is 22.4 Å². The summed E-state index contributed by atoms with van der Waals surface area (Å²) in [7, 11) is 0. The van der Waals surface area contributed by atoms with Crippen molar-refractivity contribution in [2.45, 2.75) is 51.0 Å². The molecule has 0 spiro atoms. The number of carbonyl (C=O) groups excluding carboxylic acids is 1. The molecule has 0 fully saturated rings. The molecule has 1 unspecified atom stereocenters. The van der Waals surface area contributed by atoms with Crippen LogP contribution in [0, 0.1) is 6.92 Å². The number of fused-ring (bicyclic) bond motifs is 2. The molecule has 7 nitrogen and oxygen atoms in total. The van der Waals surface area contributed by atoms with Gasteiger partial charge in [0.2, 0.25) is 0 Å². The van der Waals surface area contributed by atoms with E-state index >= 15 is 0 Å². The van der Waals surface area contributed by atoms with E-state index in [0.29, 0.717) is 28.8 Å². The van der Waals surface area contributed by atoms with Gasteiger partial charge in [-0.3, -0.25) is 4.79 Å². The van der Waals surface area contributed by atoms with Gasteiger partial charge in [0.1, 0.15) is 11.4 Å². The summed E-state index contributed by atoms with van der Waals surface area (Å²) in [5.74, 6) is 0.331. The number of benzene rings is 3. The normalized spacial score (nSPS) is 14.6. The minimum Gasteiger partial charge on any atom is -0.493 e. The molecular formula is C30H30N2O5. The number of carbonyl (C=O) groups is 1. The van der Waals surface area contributed by atoms with E-state index in [2.05, 4.69) is 16.5 Å². The summed E-state index contributed by atoms with van der Waals surface area (Å²) in [4.78, 5) is 25.8. The summed E-state index contributed by atoms with van der Waals surface area (Å²) in [6.07, 6.45) is 1.15. The molecule has 3 aromatic carbocycles. The monoisotopic (exact) mass is 498 g/mol. The van der Waals surface area contributed by atoms with E-state index in [9.17, 15) is 14.7 Å². The third-order valence-corrected chi connectivity index (χ3v) is 7.09. The highest BCUT2D eigenvalue weighted by molar-refractivity contribution is 5.99. The lowest BCUT2D eigenvalue weighted by molar-refractivity contribution is -0.136. The Balaban J connectivity index is 1.50. The number of hydrogen-bond donors (Lipinski definition) is 2. The van der Waals surface area contributed by atoms with E-state index in [1.807, 2.05) is 56.3 Å². The zero-order valence-corrected chi connectivity index (χ0v) is 21.2. The maximum atomic E-state index is 13.8. The average Bonchev–Trinajstić information content (AvgIpc) is 3.35. The van der Waals surface area contributed by atoms with E-state index < -0.39 is 22.5 Å². The highest BCUT2D eigenvalue weighted by Gasteiger charge is 2.43. The minimum absolute atomic E-state index is 0.136. The van der Waals surface area contributed by atoms with E-state index in [1.54, 1.807) is 25.1 Å². The van der Waals surface area contributed by atoms with Crippen LogP contribution < -0.4 is 15.7 Å². The molecule has 0 radical (unpaired) electrons. The van der Waals surface area contributed by atoms with Crippen LogP contribution in [0.25, 0.3) is 10.8 Å². The lowest BCUT2D eigenvalue weighted by Gasteiger charge is -2.36. The Kier molecular flexibility index (Phi) is 6.33. The van der Waals surface area contributed by atoms with Gasteiger partial charge in [0.15, 0.2) is 0 Å². The lowest BCUT2D eigenvalue weighted by Crippen LogP contribution is -2.49. The fourth-order valence-electron chi connectivity index (χ4n) is 5.29.